The van der Waals surface area contributed by atoms with Crippen LogP contribution in [0, 0.1) is 0 Å². The highest BCUT2D eigenvalue weighted by Crippen LogP contribution is 2.47. The molecule has 3 atom stereocenters. The minimum Gasteiger partial charge on any atom is -0.493 e. The summed E-state index contributed by atoms with van der Waals surface area (Å²) in [6.07, 6.45) is 0.791. The van der Waals surface area contributed by atoms with Gasteiger partial charge in [0.05, 0.1) is 27.4 Å². The fourth-order valence-electron chi connectivity index (χ4n) is 5.32. The van der Waals surface area contributed by atoms with Crippen molar-refractivity contribution in [1.29, 1.82) is 0 Å². The zero-order chi connectivity index (χ0) is 26.3. The number of rotatable bonds is 11. The van der Waals surface area contributed by atoms with Crippen molar-refractivity contribution in [3.8, 4) is 17.2 Å². The number of carboxylic acid groups (broad SMARTS) is 1. The highest BCUT2D eigenvalue weighted by molar-refractivity contribution is 8.00. The Balaban J connectivity index is 1.61. The van der Waals surface area contributed by atoms with Gasteiger partial charge in [0, 0.05) is 37.2 Å². The Morgan fingerprint density at radius 3 is 2.68 bits per heavy atom. The average Bonchev–Trinajstić information content (AvgIpc) is 2.94. The Bertz CT molecular complexity index is 1050. The number of benzene rings is 2. The van der Waals surface area contributed by atoms with Crippen LogP contribution in [0.3, 0.4) is 0 Å². The van der Waals surface area contributed by atoms with Crippen molar-refractivity contribution in [2.75, 3.05) is 66.0 Å². The molecule has 0 aromatic heterocycles. The summed E-state index contributed by atoms with van der Waals surface area (Å²) in [6, 6.07) is 13.5. The number of carbonyl (C=O) groups is 1. The minimum atomic E-state index is -1.28. The molecule has 0 bridgehead atoms. The topological polar surface area (TPSA) is 89.5 Å². The molecule has 4 rings (SSSR count). The van der Waals surface area contributed by atoms with Crippen molar-refractivity contribution < 1.29 is 28.8 Å². The van der Waals surface area contributed by atoms with Crippen LogP contribution >= 0.6 is 11.8 Å². The molecule has 0 spiro atoms. The Morgan fingerprint density at radius 2 is 1.97 bits per heavy atom. The van der Waals surface area contributed by atoms with Crippen LogP contribution in [0.2, 0.25) is 0 Å². The summed E-state index contributed by atoms with van der Waals surface area (Å²) in [5.41, 5.74) is 0.459. The first kappa shape index (κ1) is 27.6. The third-order valence-corrected chi connectivity index (χ3v) is 8.76. The fraction of sp³-hybridized carbons (Fsp3) is 0.536. The van der Waals surface area contributed by atoms with Gasteiger partial charge in [-0.1, -0.05) is 25.1 Å². The van der Waals surface area contributed by atoms with Crippen LogP contribution < -0.4 is 19.5 Å². The molecule has 9 heteroatoms. The van der Waals surface area contributed by atoms with Crippen LogP contribution in [0.4, 0.5) is 0 Å². The Hall–Kier alpha value is -2.46. The number of aliphatic carboxylic acids is 1. The second-order valence-electron chi connectivity index (χ2n) is 9.29. The van der Waals surface area contributed by atoms with Crippen molar-refractivity contribution in [1.82, 2.24) is 10.2 Å². The first-order valence-corrected chi connectivity index (χ1v) is 13.9. The highest BCUT2D eigenvalue weighted by Gasteiger charge is 2.52. The van der Waals surface area contributed by atoms with E-state index in [-0.39, 0.29) is 11.2 Å². The second kappa shape index (κ2) is 12.9. The molecule has 8 nitrogen and oxygen atoms in total. The predicted octanol–water partition coefficient (Wildman–Crippen LogP) is 3.59. The van der Waals surface area contributed by atoms with Crippen LogP contribution in [-0.4, -0.2) is 87.2 Å². The van der Waals surface area contributed by atoms with Crippen LogP contribution in [0.25, 0.3) is 0 Å². The Morgan fingerprint density at radius 1 is 1.19 bits per heavy atom. The lowest BCUT2D eigenvalue weighted by Gasteiger charge is -2.45. The lowest BCUT2D eigenvalue weighted by Crippen LogP contribution is -2.61. The zero-order valence-corrected chi connectivity index (χ0v) is 22.7. The van der Waals surface area contributed by atoms with Gasteiger partial charge in [0.15, 0.2) is 17.0 Å². The molecular formula is C28H38N2O6S. The second-order valence-corrected chi connectivity index (χ2v) is 10.5. The van der Waals surface area contributed by atoms with Crippen molar-refractivity contribution in [2.24, 2.45) is 0 Å². The number of carboxylic acids is 1. The lowest BCUT2D eigenvalue weighted by molar-refractivity contribution is -0.145. The number of nitrogens with one attached hydrogen (secondary N) is 1. The molecule has 2 aliphatic heterocycles. The molecule has 2 aromatic rings. The van der Waals surface area contributed by atoms with Crippen LogP contribution in [0.1, 0.15) is 30.4 Å². The largest absolute Gasteiger partial charge is 0.493 e. The van der Waals surface area contributed by atoms with E-state index in [4.69, 9.17) is 18.9 Å². The van der Waals surface area contributed by atoms with Crippen molar-refractivity contribution in [3.05, 3.63) is 53.6 Å². The number of hydrogen-bond donors (Lipinski definition) is 2. The SMILES string of the molecule is CCC(c1cccc(OCCN2CCOCC2)c1)[C@H]1SCCN[C@@]1(C(=O)O)c1ccc(OC)c(OC)c1. The van der Waals surface area contributed by atoms with E-state index < -0.39 is 11.5 Å². The summed E-state index contributed by atoms with van der Waals surface area (Å²) in [5.74, 6) is 1.82. The molecule has 37 heavy (non-hydrogen) atoms. The lowest BCUT2D eigenvalue weighted by atomic mass is 9.76. The number of morpholine rings is 1. The summed E-state index contributed by atoms with van der Waals surface area (Å²) in [4.78, 5) is 15.4. The molecule has 0 aliphatic carbocycles. The smallest absolute Gasteiger partial charge is 0.329 e. The van der Waals surface area contributed by atoms with Gasteiger partial charge in [-0.3, -0.25) is 10.2 Å². The highest BCUT2D eigenvalue weighted by atomic mass is 32.2. The Kier molecular flexibility index (Phi) is 9.59. The summed E-state index contributed by atoms with van der Waals surface area (Å²) >= 11 is 1.71. The number of hydrogen-bond acceptors (Lipinski definition) is 8. The Labute approximate surface area is 223 Å². The first-order chi connectivity index (χ1) is 18.0. The summed E-state index contributed by atoms with van der Waals surface area (Å²) in [6.45, 7) is 7.58. The van der Waals surface area contributed by atoms with Gasteiger partial charge in [0.2, 0.25) is 0 Å². The van der Waals surface area contributed by atoms with Gasteiger partial charge < -0.3 is 24.1 Å². The van der Waals surface area contributed by atoms with E-state index in [1.54, 1.807) is 38.1 Å². The van der Waals surface area contributed by atoms with E-state index >= 15 is 0 Å². The summed E-state index contributed by atoms with van der Waals surface area (Å²) < 4.78 is 22.5. The summed E-state index contributed by atoms with van der Waals surface area (Å²) in [5, 5.41) is 13.9. The first-order valence-electron chi connectivity index (χ1n) is 12.9. The molecular weight excluding hydrogens is 492 g/mol. The predicted molar refractivity (Wildman–Crippen MR) is 145 cm³/mol. The maximum atomic E-state index is 13.1. The van der Waals surface area contributed by atoms with Crippen LogP contribution in [-0.2, 0) is 15.1 Å². The molecule has 0 radical (unpaired) electrons. The van der Waals surface area contributed by atoms with Gasteiger partial charge in [0.1, 0.15) is 12.4 Å². The van der Waals surface area contributed by atoms with Gasteiger partial charge >= 0.3 is 5.97 Å². The third kappa shape index (κ3) is 6.00. The molecule has 2 fully saturated rings. The third-order valence-electron chi connectivity index (χ3n) is 7.28. The molecule has 0 saturated carbocycles. The van der Waals surface area contributed by atoms with Gasteiger partial charge in [0.25, 0.3) is 0 Å². The van der Waals surface area contributed by atoms with Gasteiger partial charge in [-0.25, -0.2) is 4.79 Å². The molecule has 2 aromatic carbocycles. The van der Waals surface area contributed by atoms with Crippen LogP contribution in [0.5, 0.6) is 17.2 Å². The van der Waals surface area contributed by atoms with Crippen molar-refractivity contribution in [2.45, 2.75) is 30.1 Å². The van der Waals surface area contributed by atoms with E-state index in [9.17, 15) is 9.90 Å². The molecule has 2 aliphatic rings. The summed E-state index contributed by atoms with van der Waals surface area (Å²) in [7, 11) is 3.14. The fourth-order valence-corrected chi connectivity index (χ4v) is 6.95. The number of nitrogens with zero attached hydrogens (tertiary/aromatic N) is 1. The average molecular weight is 531 g/mol. The zero-order valence-electron chi connectivity index (χ0n) is 21.9. The standard InChI is InChI=1S/C28H38N2O6S/c1-4-23(20-6-5-7-22(18-20)36-16-13-30-11-14-35-15-12-30)26-28(27(31)32,29-10-17-37-26)21-8-9-24(33-2)25(19-21)34-3/h5-9,18-19,23,26,29H,4,10-17H2,1-3H3,(H,31,32)/t23?,26-,28+/m1/s1. The minimum absolute atomic E-state index is 0.00945. The number of thioether (sulfide) groups is 1. The molecule has 2 N–H and O–H groups in total. The maximum Gasteiger partial charge on any atom is 0.329 e. The van der Waals surface area contributed by atoms with Gasteiger partial charge in [-0.05, 0) is 47.7 Å². The molecule has 2 saturated heterocycles. The molecule has 202 valence electrons. The van der Waals surface area contributed by atoms with E-state index in [1.807, 2.05) is 18.2 Å². The van der Waals surface area contributed by atoms with E-state index in [2.05, 4.69) is 29.3 Å². The number of methoxy groups -OCH3 is 2. The molecule has 0 amide bonds. The number of ether oxygens (including phenoxy) is 4. The molecule has 2 heterocycles. The van der Waals surface area contributed by atoms with Crippen molar-refractivity contribution >= 4 is 17.7 Å². The van der Waals surface area contributed by atoms with Gasteiger partial charge in [-0.15, -0.1) is 0 Å². The van der Waals surface area contributed by atoms with E-state index in [1.165, 1.54) is 0 Å². The monoisotopic (exact) mass is 530 g/mol. The van der Waals surface area contributed by atoms with Crippen LogP contribution in [0.15, 0.2) is 42.5 Å². The van der Waals surface area contributed by atoms with Gasteiger partial charge in [-0.2, -0.15) is 11.8 Å². The van der Waals surface area contributed by atoms with E-state index in [0.29, 0.717) is 30.2 Å². The molecule has 1 unspecified atom stereocenters. The van der Waals surface area contributed by atoms with E-state index in [0.717, 1.165) is 56.3 Å². The quantitative estimate of drug-likeness (QED) is 0.452. The maximum absolute atomic E-state index is 13.1. The van der Waals surface area contributed by atoms with Crippen molar-refractivity contribution in [3.63, 3.8) is 0 Å². The normalized spacial score (nSPS) is 23.3.